The van der Waals surface area contributed by atoms with Crippen molar-refractivity contribution >= 4 is 28.9 Å². The van der Waals surface area contributed by atoms with Crippen molar-refractivity contribution in [3.8, 4) is 0 Å². The van der Waals surface area contributed by atoms with E-state index in [1.165, 1.54) is 0 Å². The Kier molecular flexibility index (Phi) is 4.53. The molecule has 0 bridgehead atoms. The number of carbonyl (C=O) groups is 1. The van der Waals surface area contributed by atoms with E-state index >= 15 is 0 Å². The summed E-state index contributed by atoms with van der Waals surface area (Å²) < 4.78 is 0. The maximum Gasteiger partial charge on any atom is 0.255 e. The first-order valence-corrected chi connectivity index (χ1v) is 7.16. The van der Waals surface area contributed by atoms with Gasteiger partial charge in [-0.25, -0.2) is 0 Å². The van der Waals surface area contributed by atoms with Crippen molar-refractivity contribution in [2.75, 3.05) is 10.6 Å². The molecule has 0 aliphatic carbocycles. The molecule has 0 unspecified atom stereocenters. The first-order valence-electron chi connectivity index (χ1n) is 6.79. The Hall–Kier alpha value is -2.00. The van der Waals surface area contributed by atoms with Crippen LogP contribution in [0.1, 0.15) is 31.1 Å². The van der Waals surface area contributed by atoms with Crippen LogP contribution < -0.4 is 10.6 Å². The molecule has 2 aromatic rings. The predicted octanol–water partition coefficient (Wildman–Crippen LogP) is 4.80. The molecule has 0 spiro atoms. The van der Waals surface area contributed by atoms with Gasteiger partial charge in [-0.05, 0) is 69.3 Å². The molecule has 2 N–H and O–H groups in total. The van der Waals surface area contributed by atoms with Gasteiger partial charge in [0.2, 0.25) is 0 Å². The average molecular weight is 303 g/mol. The van der Waals surface area contributed by atoms with Crippen molar-refractivity contribution in [1.82, 2.24) is 0 Å². The number of nitrogens with one attached hydrogen (secondary N) is 2. The Morgan fingerprint density at radius 2 is 1.43 bits per heavy atom. The van der Waals surface area contributed by atoms with Gasteiger partial charge in [0.15, 0.2) is 0 Å². The molecule has 0 saturated carbocycles. The van der Waals surface area contributed by atoms with Gasteiger partial charge in [-0.15, -0.1) is 0 Å². The summed E-state index contributed by atoms with van der Waals surface area (Å²) in [6.45, 7) is 6.30. The van der Waals surface area contributed by atoms with Gasteiger partial charge in [0.25, 0.3) is 5.91 Å². The third kappa shape index (κ3) is 4.80. The molecule has 0 atom stereocenters. The van der Waals surface area contributed by atoms with Crippen molar-refractivity contribution in [3.05, 3.63) is 59.1 Å². The molecule has 0 radical (unpaired) electrons. The number of hydrogen-bond acceptors (Lipinski definition) is 2. The number of hydrogen-bond donors (Lipinski definition) is 2. The molecule has 2 rings (SSSR count). The first kappa shape index (κ1) is 15.4. The zero-order chi connectivity index (χ0) is 15.5. The lowest BCUT2D eigenvalue weighted by Gasteiger charge is -2.22. The van der Waals surface area contributed by atoms with Gasteiger partial charge in [0.1, 0.15) is 0 Å². The van der Waals surface area contributed by atoms with E-state index in [1.807, 2.05) is 24.3 Å². The molecule has 2 aromatic carbocycles. The maximum atomic E-state index is 12.1. The molecule has 0 heterocycles. The van der Waals surface area contributed by atoms with E-state index in [1.54, 1.807) is 24.3 Å². The highest BCUT2D eigenvalue weighted by Gasteiger charge is 2.09. The Balaban J connectivity index is 2.03. The minimum Gasteiger partial charge on any atom is -0.380 e. The molecule has 110 valence electrons. The topological polar surface area (TPSA) is 41.1 Å². The van der Waals surface area contributed by atoms with Crippen LogP contribution in [0.5, 0.6) is 0 Å². The van der Waals surface area contributed by atoms with Crippen molar-refractivity contribution in [1.29, 1.82) is 0 Å². The highest BCUT2D eigenvalue weighted by atomic mass is 35.5. The van der Waals surface area contributed by atoms with Crippen LogP contribution >= 0.6 is 11.6 Å². The molecule has 0 aliphatic rings. The third-order valence-corrected chi connectivity index (χ3v) is 3.02. The molecular formula is C17H19ClN2O. The third-order valence-electron chi connectivity index (χ3n) is 2.77. The Bertz CT molecular complexity index is 613. The number of halogens is 1. The molecule has 0 aliphatic heterocycles. The van der Waals surface area contributed by atoms with Crippen LogP contribution in [0.15, 0.2) is 48.5 Å². The first-order chi connectivity index (χ1) is 9.83. The zero-order valence-electron chi connectivity index (χ0n) is 12.4. The molecule has 4 heteroatoms. The SMILES string of the molecule is CC(C)(C)Nc1ccc(NC(=O)c2ccc(Cl)cc2)cc1. The van der Waals surface area contributed by atoms with E-state index in [0.29, 0.717) is 10.6 Å². The second-order valence-corrected chi connectivity index (χ2v) is 6.35. The largest absolute Gasteiger partial charge is 0.380 e. The van der Waals surface area contributed by atoms with Crippen LogP contribution in [-0.2, 0) is 0 Å². The quantitative estimate of drug-likeness (QED) is 0.855. The second kappa shape index (κ2) is 6.19. The van der Waals surface area contributed by atoms with Gasteiger partial charge < -0.3 is 10.6 Å². The number of anilines is 2. The van der Waals surface area contributed by atoms with Gasteiger partial charge in [0, 0.05) is 27.5 Å². The number of rotatable bonds is 3. The van der Waals surface area contributed by atoms with E-state index in [0.717, 1.165) is 11.4 Å². The van der Waals surface area contributed by atoms with Crippen molar-refractivity contribution in [2.24, 2.45) is 0 Å². The van der Waals surface area contributed by atoms with E-state index in [-0.39, 0.29) is 11.4 Å². The highest BCUT2D eigenvalue weighted by molar-refractivity contribution is 6.30. The maximum absolute atomic E-state index is 12.1. The number of carbonyl (C=O) groups excluding carboxylic acids is 1. The molecule has 21 heavy (non-hydrogen) atoms. The minimum atomic E-state index is -0.150. The predicted molar refractivity (Wildman–Crippen MR) is 89.2 cm³/mol. The van der Waals surface area contributed by atoms with E-state index in [2.05, 4.69) is 31.4 Å². The van der Waals surface area contributed by atoms with Gasteiger partial charge in [-0.1, -0.05) is 11.6 Å². The van der Waals surface area contributed by atoms with Gasteiger partial charge in [-0.2, -0.15) is 0 Å². The van der Waals surface area contributed by atoms with Crippen molar-refractivity contribution in [2.45, 2.75) is 26.3 Å². The Morgan fingerprint density at radius 1 is 0.905 bits per heavy atom. The molecule has 0 fully saturated rings. The lowest BCUT2D eigenvalue weighted by atomic mass is 10.1. The van der Waals surface area contributed by atoms with Crippen LogP contribution in [0, 0.1) is 0 Å². The summed E-state index contributed by atoms with van der Waals surface area (Å²) >= 11 is 5.81. The van der Waals surface area contributed by atoms with Crippen LogP contribution in [0.25, 0.3) is 0 Å². The fourth-order valence-corrected chi connectivity index (χ4v) is 2.00. The van der Waals surface area contributed by atoms with E-state index in [9.17, 15) is 4.79 Å². The molecule has 0 saturated heterocycles. The monoisotopic (exact) mass is 302 g/mol. The van der Waals surface area contributed by atoms with Crippen molar-refractivity contribution < 1.29 is 4.79 Å². The Morgan fingerprint density at radius 3 is 1.95 bits per heavy atom. The summed E-state index contributed by atoms with van der Waals surface area (Å²) in [4.78, 5) is 12.1. The van der Waals surface area contributed by atoms with E-state index in [4.69, 9.17) is 11.6 Å². The standard InChI is InChI=1S/C17H19ClN2O/c1-17(2,3)20-15-10-8-14(9-11-15)19-16(21)12-4-6-13(18)7-5-12/h4-11,20H,1-3H3,(H,19,21). The minimum absolute atomic E-state index is 0.00801. The van der Waals surface area contributed by atoms with Crippen LogP contribution in [0.3, 0.4) is 0 Å². The molecule has 3 nitrogen and oxygen atoms in total. The smallest absolute Gasteiger partial charge is 0.255 e. The van der Waals surface area contributed by atoms with Crippen LogP contribution in [0.2, 0.25) is 5.02 Å². The summed E-state index contributed by atoms with van der Waals surface area (Å²) in [6, 6.07) is 14.5. The average Bonchev–Trinajstić information content (AvgIpc) is 2.40. The Labute approximate surface area is 130 Å². The van der Waals surface area contributed by atoms with Gasteiger partial charge in [-0.3, -0.25) is 4.79 Å². The van der Waals surface area contributed by atoms with Crippen LogP contribution in [0.4, 0.5) is 11.4 Å². The van der Waals surface area contributed by atoms with E-state index < -0.39 is 0 Å². The number of benzene rings is 2. The highest BCUT2D eigenvalue weighted by Crippen LogP contribution is 2.18. The van der Waals surface area contributed by atoms with Crippen molar-refractivity contribution in [3.63, 3.8) is 0 Å². The lowest BCUT2D eigenvalue weighted by Crippen LogP contribution is -2.25. The summed E-state index contributed by atoms with van der Waals surface area (Å²) in [5.74, 6) is -0.150. The second-order valence-electron chi connectivity index (χ2n) is 5.91. The normalized spacial score (nSPS) is 11.0. The zero-order valence-corrected chi connectivity index (χ0v) is 13.2. The fraction of sp³-hybridized carbons (Fsp3) is 0.235. The number of amides is 1. The lowest BCUT2D eigenvalue weighted by molar-refractivity contribution is 0.102. The summed E-state index contributed by atoms with van der Waals surface area (Å²) in [5, 5.41) is 6.85. The molecule has 1 amide bonds. The fourth-order valence-electron chi connectivity index (χ4n) is 1.87. The summed E-state index contributed by atoms with van der Waals surface area (Å²) in [6.07, 6.45) is 0. The molecule has 0 aromatic heterocycles. The van der Waals surface area contributed by atoms with Crippen LogP contribution in [-0.4, -0.2) is 11.4 Å². The summed E-state index contributed by atoms with van der Waals surface area (Å²) in [5.41, 5.74) is 2.37. The van der Waals surface area contributed by atoms with Gasteiger partial charge >= 0.3 is 0 Å². The van der Waals surface area contributed by atoms with Gasteiger partial charge in [0.05, 0.1) is 0 Å². The molecular weight excluding hydrogens is 284 g/mol. The summed E-state index contributed by atoms with van der Waals surface area (Å²) in [7, 11) is 0.